The van der Waals surface area contributed by atoms with Gasteiger partial charge in [-0.1, -0.05) is 19.1 Å². The molecule has 122 valence electrons. The van der Waals surface area contributed by atoms with Crippen LogP contribution in [0, 0.1) is 0 Å². The summed E-state index contributed by atoms with van der Waals surface area (Å²) < 4.78 is 7.24. The van der Waals surface area contributed by atoms with E-state index in [1.807, 2.05) is 4.90 Å². The molecule has 5 heteroatoms. The quantitative estimate of drug-likeness (QED) is 0.815. The monoisotopic (exact) mass is 330 g/mol. The van der Waals surface area contributed by atoms with Gasteiger partial charge in [0.15, 0.2) is 0 Å². The standard InChI is InChI=1S/C18H22N2O2S/c1-3-14-4-6-16(7-5-14)19-9-8-15(12-19)18-20(10-11-22-2)17(21)13-23-18/h4-9,12,18H,3,10-11,13H2,1-2H3/t18-/m0/s1. The van der Waals surface area contributed by atoms with Gasteiger partial charge in [0.2, 0.25) is 5.91 Å². The molecule has 1 saturated heterocycles. The van der Waals surface area contributed by atoms with E-state index in [9.17, 15) is 4.79 Å². The fourth-order valence-corrected chi connectivity index (χ4v) is 3.99. The predicted octanol–water partition coefficient (Wildman–Crippen LogP) is 3.26. The van der Waals surface area contributed by atoms with Crippen LogP contribution in [-0.4, -0.2) is 41.4 Å². The molecule has 1 aliphatic rings. The van der Waals surface area contributed by atoms with Crippen LogP contribution in [0.25, 0.3) is 5.69 Å². The molecule has 1 atom stereocenters. The van der Waals surface area contributed by atoms with Crippen molar-refractivity contribution >= 4 is 17.7 Å². The summed E-state index contributed by atoms with van der Waals surface area (Å²) in [7, 11) is 1.67. The number of ether oxygens (including phenoxy) is 1. The summed E-state index contributed by atoms with van der Waals surface area (Å²) in [4.78, 5) is 14.0. The van der Waals surface area contributed by atoms with Crippen LogP contribution in [0.3, 0.4) is 0 Å². The highest BCUT2D eigenvalue weighted by atomic mass is 32.2. The molecule has 0 aliphatic carbocycles. The molecule has 3 rings (SSSR count). The third kappa shape index (κ3) is 3.46. The summed E-state index contributed by atoms with van der Waals surface area (Å²) >= 11 is 1.68. The zero-order chi connectivity index (χ0) is 16.2. The van der Waals surface area contributed by atoms with E-state index in [4.69, 9.17) is 4.74 Å². The van der Waals surface area contributed by atoms with Crippen molar-refractivity contribution in [1.29, 1.82) is 0 Å². The summed E-state index contributed by atoms with van der Waals surface area (Å²) in [6.45, 7) is 3.37. The molecule has 1 aromatic heterocycles. The Morgan fingerprint density at radius 2 is 2.04 bits per heavy atom. The lowest BCUT2D eigenvalue weighted by Gasteiger charge is -2.22. The van der Waals surface area contributed by atoms with Crippen molar-refractivity contribution in [3.05, 3.63) is 53.9 Å². The van der Waals surface area contributed by atoms with E-state index in [1.165, 1.54) is 5.56 Å². The molecule has 0 unspecified atom stereocenters. The second kappa shape index (κ2) is 7.23. The van der Waals surface area contributed by atoms with Gasteiger partial charge in [0, 0.05) is 37.3 Å². The average Bonchev–Trinajstić information content (AvgIpc) is 3.20. The van der Waals surface area contributed by atoms with E-state index in [1.54, 1.807) is 18.9 Å². The first-order chi connectivity index (χ1) is 11.2. The molecular formula is C18H22N2O2S. The van der Waals surface area contributed by atoms with E-state index >= 15 is 0 Å². The van der Waals surface area contributed by atoms with Gasteiger partial charge in [-0.2, -0.15) is 0 Å². The van der Waals surface area contributed by atoms with Crippen molar-refractivity contribution in [1.82, 2.24) is 9.47 Å². The van der Waals surface area contributed by atoms with E-state index in [-0.39, 0.29) is 11.3 Å². The normalized spacial score (nSPS) is 17.9. The maximum atomic E-state index is 12.1. The number of amides is 1. The number of thioether (sulfide) groups is 1. The first-order valence-electron chi connectivity index (χ1n) is 7.90. The molecule has 1 aliphatic heterocycles. The van der Waals surface area contributed by atoms with Gasteiger partial charge in [0.25, 0.3) is 0 Å². The maximum Gasteiger partial charge on any atom is 0.233 e. The zero-order valence-corrected chi connectivity index (χ0v) is 14.4. The fraction of sp³-hybridized carbons (Fsp3) is 0.389. The van der Waals surface area contributed by atoms with Crippen LogP contribution in [0.1, 0.15) is 23.4 Å². The Morgan fingerprint density at radius 1 is 1.26 bits per heavy atom. The summed E-state index contributed by atoms with van der Waals surface area (Å²) in [5, 5.41) is 0.0915. The maximum absolute atomic E-state index is 12.1. The van der Waals surface area contributed by atoms with Crippen molar-refractivity contribution in [3.63, 3.8) is 0 Å². The van der Waals surface area contributed by atoms with Gasteiger partial charge in [0.05, 0.1) is 12.4 Å². The summed E-state index contributed by atoms with van der Waals surface area (Å²) in [5.41, 5.74) is 3.64. The van der Waals surface area contributed by atoms with Gasteiger partial charge in [-0.25, -0.2) is 0 Å². The molecule has 1 fully saturated rings. The van der Waals surface area contributed by atoms with E-state index in [2.05, 4.69) is 54.2 Å². The molecule has 0 radical (unpaired) electrons. The van der Waals surface area contributed by atoms with E-state index < -0.39 is 0 Å². The minimum absolute atomic E-state index is 0.0915. The largest absolute Gasteiger partial charge is 0.383 e. The van der Waals surface area contributed by atoms with E-state index in [0.29, 0.717) is 18.9 Å². The molecule has 0 bridgehead atoms. The summed E-state index contributed by atoms with van der Waals surface area (Å²) in [5.74, 6) is 0.738. The Bertz CT molecular complexity index is 666. The highest BCUT2D eigenvalue weighted by Gasteiger charge is 2.32. The average molecular weight is 330 g/mol. The summed E-state index contributed by atoms with van der Waals surface area (Å²) in [6, 6.07) is 10.7. The number of aryl methyl sites for hydroxylation is 1. The lowest BCUT2D eigenvalue weighted by atomic mass is 10.1. The van der Waals surface area contributed by atoms with Crippen LogP contribution in [0.4, 0.5) is 0 Å². The molecule has 0 spiro atoms. The molecule has 0 saturated carbocycles. The Balaban J connectivity index is 1.78. The topological polar surface area (TPSA) is 34.5 Å². The van der Waals surface area contributed by atoms with Crippen molar-refractivity contribution < 1.29 is 9.53 Å². The number of methoxy groups -OCH3 is 1. The molecule has 2 aromatic rings. The molecule has 2 heterocycles. The molecule has 1 aromatic carbocycles. The van der Waals surface area contributed by atoms with E-state index in [0.717, 1.165) is 17.7 Å². The Hall–Kier alpha value is -1.72. The van der Waals surface area contributed by atoms with Crippen LogP contribution < -0.4 is 0 Å². The molecule has 23 heavy (non-hydrogen) atoms. The van der Waals surface area contributed by atoms with Crippen molar-refractivity contribution in [3.8, 4) is 5.69 Å². The van der Waals surface area contributed by atoms with Crippen molar-refractivity contribution in [2.24, 2.45) is 0 Å². The van der Waals surface area contributed by atoms with Crippen LogP contribution in [0.15, 0.2) is 42.7 Å². The second-order valence-corrected chi connectivity index (χ2v) is 6.68. The minimum atomic E-state index is 0.0915. The third-order valence-corrected chi connectivity index (χ3v) is 5.40. The first-order valence-corrected chi connectivity index (χ1v) is 8.95. The van der Waals surface area contributed by atoms with Crippen LogP contribution >= 0.6 is 11.8 Å². The van der Waals surface area contributed by atoms with Gasteiger partial charge in [-0.05, 0) is 30.2 Å². The first kappa shape index (κ1) is 16.1. The Morgan fingerprint density at radius 3 is 2.74 bits per heavy atom. The molecule has 1 amide bonds. The highest BCUT2D eigenvalue weighted by molar-refractivity contribution is 8.00. The zero-order valence-electron chi connectivity index (χ0n) is 13.6. The number of rotatable bonds is 6. The molecule has 0 N–H and O–H groups in total. The number of hydrogen-bond donors (Lipinski definition) is 0. The fourth-order valence-electron chi connectivity index (χ4n) is 2.79. The lowest BCUT2D eigenvalue weighted by Crippen LogP contribution is -2.31. The predicted molar refractivity (Wildman–Crippen MR) is 93.9 cm³/mol. The molecular weight excluding hydrogens is 308 g/mol. The number of aromatic nitrogens is 1. The number of hydrogen-bond acceptors (Lipinski definition) is 3. The van der Waals surface area contributed by atoms with Crippen LogP contribution in [0.2, 0.25) is 0 Å². The highest BCUT2D eigenvalue weighted by Crippen LogP contribution is 2.38. The number of carbonyl (C=O) groups excluding carboxylic acids is 1. The minimum Gasteiger partial charge on any atom is -0.383 e. The summed E-state index contributed by atoms with van der Waals surface area (Å²) in [6.07, 6.45) is 5.23. The number of benzene rings is 1. The lowest BCUT2D eigenvalue weighted by molar-refractivity contribution is -0.128. The number of nitrogens with zero attached hydrogens (tertiary/aromatic N) is 2. The van der Waals surface area contributed by atoms with Crippen molar-refractivity contribution in [2.75, 3.05) is 26.0 Å². The van der Waals surface area contributed by atoms with Gasteiger partial charge in [-0.15, -0.1) is 11.8 Å². The SMILES string of the molecule is CCc1ccc(-n2ccc([C@@H]3SCC(=O)N3CCOC)c2)cc1. The Labute approximate surface area is 141 Å². The van der Waals surface area contributed by atoms with Crippen LogP contribution in [0.5, 0.6) is 0 Å². The van der Waals surface area contributed by atoms with Gasteiger partial charge in [-0.3, -0.25) is 4.79 Å². The number of carbonyl (C=O) groups is 1. The molecule has 4 nitrogen and oxygen atoms in total. The van der Waals surface area contributed by atoms with Gasteiger partial charge in [0.1, 0.15) is 5.37 Å². The Kier molecular flexibility index (Phi) is 5.08. The van der Waals surface area contributed by atoms with Crippen molar-refractivity contribution in [2.45, 2.75) is 18.7 Å². The second-order valence-electron chi connectivity index (χ2n) is 5.62. The van der Waals surface area contributed by atoms with Gasteiger partial charge >= 0.3 is 0 Å². The van der Waals surface area contributed by atoms with Gasteiger partial charge < -0.3 is 14.2 Å². The smallest absolute Gasteiger partial charge is 0.233 e. The third-order valence-electron chi connectivity index (χ3n) is 4.15. The van der Waals surface area contributed by atoms with Crippen LogP contribution in [-0.2, 0) is 16.0 Å².